The first-order valence-electron chi connectivity index (χ1n) is 13.9. The fourth-order valence-electron chi connectivity index (χ4n) is 4.52. The molecule has 0 aliphatic rings. The number of rotatable bonds is 13. The van der Waals surface area contributed by atoms with Gasteiger partial charge in [-0.15, -0.1) is 0 Å². The molecule has 41 heavy (non-hydrogen) atoms. The monoisotopic (exact) mass is 583 g/mol. The van der Waals surface area contributed by atoms with Crippen LogP contribution < -0.4 is 20.9 Å². The molecule has 0 radical (unpaired) electrons. The minimum atomic E-state index is -0.602. The third-order valence-corrected chi connectivity index (χ3v) is 7.32. The smallest absolute Gasteiger partial charge is 0.295 e. The topological polar surface area (TPSA) is 97.6 Å². The zero-order chi connectivity index (χ0) is 30.3. The van der Waals surface area contributed by atoms with Crippen molar-refractivity contribution in [3.63, 3.8) is 0 Å². The minimum Gasteiger partial charge on any atom is -0.493 e. The molecule has 3 rings (SSSR count). The van der Waals surface area contributed by atoms with E-state index in [2.05, 4.69) is 29.4 Å². The number of amides is 2. The molecule has 1 heterocycles. The van der Waals surface area contributed by atoms with Gasteiger partial charge < -0.3 is 20.3 Å². The first kappa shape index (κ1) is 32.0. The molecule has 0 atom stereocenters. The number of ether oxygens (including phenoxy) is 1. The van der Waals surface area contributed by atoms with Crippen LogP contribution in [0.25, 0.3) is 5.69 Å². The van der Waals surface area contributed by atoms with Crippen LogP contribution in [-0.4, -0.2) is 58.9 Å². The number of anilines is 1. The fourth-order valence-corrected chi connectivity index (χ4v) is 4.69. The van der Waals surface area contributed by atoms with Gasteiger partial charge in [0, 0.05) is 44.0 Å². The second kappa shape index (κ2) is 13.9. The Balaban J connectivity index is 1.78. The summed E-state index contributed by atoms with van der Waals surface area (Å²) in [5.41, 5.74) is 1.18. The van der Waals surface area contributed by atoms with Gasteiger partial charge >= 0.3 is 0 Å². The van der Waals surface area contributed by atoms with Crippen LogP contribution >= 0.6 is 11.6 Å². The molecule has 0 saturated heterocycles. The number of likely N-dealkylation sites (N-methyl/N-ethyl adjacent to an activating group) is 1. The normalized spacial score (nSPS) is 11.7. The summed E-state index contributed by atoms with van der Waals surface area (Å²) in [4.78, 5) is 42.1. The van der Waals surface area contributed by atoms with Crippen molar-refractivity contribution in [2.45, 2.75) is 53.5 Å². The first-order valence-corrected chi connectivity index (χ1v) is 14.3. The molecule has 0 unspecified atom stereocenters. The van der Waals surface area contributed by atoms with E-state index in [1.807, 2.05) is 69.9 Å². The summed E-state index contributed by atoms with van der Waals surface area (Å²) >= 11 is 6.11. The second-order valence-corrected chi connectivity index (χ2v) is 11.7. The number of halogens is 1. The fraction of sp³-hybridized carbons (Fsp3) is 0.452. The van der Waals surface area contributed by atoms with E-state index in [1.54, 1.807) is 22.9 Å². The Morgan fingerprint density at radius 3 is 2.44 bits per heavy atom. The number of nitrogens with one attached hydrogen (secondary N) is 2. The molecule has 1 aromatic heterocycles. The molecule has 0 bridgehead atoms. The molecule has 0 fully saturated rings. The van der Waals surface area contributed by atoms with Gasteiger partial charge in [0.2, 0.25) is 5.91 Å². The van der Waals surface area contributed by atoms with Gasteiger partial charge in [0.25, 0.3) is 11.5 Å². The number of carbonyl (C=O) groups is 2. The van der Waals surface area contributed by atoms with Crippen molar-refractivity contribution in [2.24, 2.45) is 12.5 Å². The Labute approximate surface area is 247 Å². The van der Waals surface area contributed by atoms with Crippen LogP contribution in [0.4, 0.5) is 5.69 Å². The minimum absolute atomic E-state index is 0.0894. The standard InChI is InChI=1S/C31H42ClN5O4/c1-8-41-26-15-14-22(32)18-24(26)29(39)33-20-31(4,5)19-27(38)34-28-25(16-17-35(6)21(2)3)36(7)37(30(28)40)23-12-10-9-11-13-23/h9-15,18,21H,8,16-17,19-20H2,1-7H3,(H,33,39)(H,34,38). The van der Waals surface area contributed by atoms with Crippen molar-refractivity contribution in [3.8, 4) is 11.4 Å². The predicted octanol–water partition coefficient (Wildman–Crippen LogP) is 4.90. The van der Waals surface area contributed by atoms with Gasteiger partial charge in [-0.25, -0.2) is 4.68 Å². The third kappa shape index (κ3) is 8.24. The van der Waals surface area contributed by atoms with E-state index in [4.69, 9.17) is 16.3 Å². The Bertz CT molecular complexity index is 1410. The highest BCUT2D eigenvalue weighted by molar-refractivity contribution is 6.31. The van der Waals surface area contributed by atoms with E-state index in [-0.39, 0.29) is 36.0 Å². The lowest BCUT2D eigenvalue weighted by molar-refractivity contribution is -0.118. The molecular weight excluding hydrogens is 542 g/mol. The maximum atomic E-state index is 13.6. The molecular formula is C31H42ClN5O4. The van der Waals surface area contributed by atoms with Crippen LogP contribution in [0.1, 0.15) is 57.1 Å². The summed E-state index contributed by atoms with van der Waals surface area (Å²) < 4.78 is 8.96. The van der Waals surface area contributed by atoms with Crippen molar-refractivity contribution < 1.29 is 14.3 Å². The van der Waals surface area contributed by atoms with Gasteiger partial charge in [-0.1, -0.05) is 43.6 Å². The molecule has 10 heteroatoms. The van der Waals surface area contributed by atoms with Gasteiger partial charge in [-0.05, 0) is 63.6 Å². The maximum absolute atomic E-state index is 13.6. The molecule has 0 saturated carbocycles. The van der Waals surface area contributed by atoms with Gasteiger partial charge in [-0.2, -0.15) is 0 Å². The molecule has 2 N–H and O–H groups in total. The first-order chi connectivity index (χ1) is 19.3. The van der Waals surface area contributed by atoms with E-state index in [9.17, 15) is 14.4 Å². The molecule has 9 nitrogen and oxygen atoms in total. The summed E-state index contributed by atoms with van der Waals surface area (Å²) in [5.74, 6) is -0.197. The number of para-hydroxylation sites is 1. The highest BCUT2D eigenvalue weighted by Gasteiger charge is 2.27. The summed E-state index contributed by atoms with van der Waals surface area (Å²) in [6.07, 6.45) is 0.670. The molecule has 2 amide bonds. The Kier molecular flexibility index (Phi) is 10.8. The molecule has 0 spiro atoms. The highest BCUT2D eigenvalue weighted by Crippen LogP contribution is 2.25. The van der Waals surface area contributed by atoms with Crippen molar-refractivity contribution in [1.29, 1.82) is 0 Å². The van der Waals surface area contributed by atoms with Crippen LogP contribution in [0.2, 0.25) is 5.02 Å². The molecule has 0 aliphatic heterocycles. The van der Waals surface area contributed by atoms with E-state index in [1.165, 1.54) is 0 Å². The van der Waals surface area contributed by atoms with Crippen molar-refractivity contribution >= 4 is 29.1 Å². The number of aromatic nitrogens is 2. The number of hydrogen-bond acceptors (Lipinski definition) is 5. The summed E-state index contributed by atoms with van der Waals surface area (Å²) in [6.45, 7) is 11.2. The van der Waals surface area contributed by atoms with Gasteiger partial charge in [0.15, 0.2) is 0 Å². The number of benzene rings is 2. The maximum Gasteiger partial charge on any atom is 0.295 e. The SMILES string of the molecule is CCOc1ccc(Cl)cc1C(=O)NCC(C)(C)CC(=O)Nc1c(CCN(C)C(C)C)n(C)n(-c2ccccc2)c1=O. The number of hydrogen-bond donors (Lipinski definition) is 2. The van der Waals surface area contributed by atoms with Crippen LogP contribution in [0.5, 0.6) is 5.75 Å². The quantitative estimate of drug-likeness (QED) is 0.298. The number of carbonyl (C=O) groups excluding carboxylic acids is 2. The van der Waals surface area contributed by atoms with E-state index < -0.39 is 5.41 Å². The van der Waals surface area contributed by atoms with E-state index in [0.717, 1.165) is 17.9 Å². The van der Waals surface area contributed by atoms with Crippen molar-refractivity contribution in [1.82, 2.24) is 19.6 Å². The molecule has 222 valence electrons. The lowest BCUT2D eigenvalue weighted by Gasteiger charge is -2.25. The van der Waals surface area contributed by atoms with Crippen LogP contribution in [-0.2, 0) is 18.3 Å². The third-order valence-electron chi connectivity index (χ3n) is 7.09. The van der Waals surface area contributed by atoms with Crippen molar-refractivity contribution in [3.05, 3.63) is 75.2 Å². The Morgan fingerprint density at radius 1 is 1.12 bits per heavy atom. The van der Waals surface area contributed by atoms with Crippen LogP contribution in [0, 0.1) is 5.41 Å². The summed E-state index contributed by atoms with van der Waals surface area (Å²) in [6, 6.07) is 14.6. The zero-order valence-corrected chi connectivity index (χ0v) is 25.8. The summed E-state index contributed by atoms with van der Waals surface area (Å²) in [5, 5.41) is 6.24. The van der Waals surface area contributed by atoms with E-state index >= 15 is 0 Å². The van der Waals surface area contributed by atoms with Crippen molar-refractivity contribution in [2.75, 3.05) is 32.1 Å². The van der Waals surface area contributed by atoms with E-state index in [0.29, 0.717) is 35.4 Å². The number of nitrogens with zero attached hydrogens (tertiary/aromatic N) is 3. The Morgan fingerprint density at radius 2 is 1.80 bits per heavy atom. The second-order valence-electron chi connectivity index (χ2n) is 11.3. The van der Waals surface area contributed by atoms with Crippen LogP contribution in [0.3, 0.4) is 0 Å². The summed E-state index contributed by atoms with van der Waals surface area (Å²) in [7, 11) is 3.87. The molecule has 2 aromatic carbocycles. The Hall–Kier alpha value is -3.56. The molecule has 0 aliphatic carbocycles. The lowest BCUT2D eigenvalue weighted by atomic mass is 9.88. The van der Waals surface area contributed by atoms with Gasteiger partial charge in [0.05, 0.1) is 23.6 Å². The average molecular weight is 584 g/mol. The molecule has 3 aromatic rings. The van der Waals surface area contributed by atoms with Gasteiger partial charge in [0.1, 0.15) is 11.4 Å². The highest BCUT2D eigenvalue weighted by atomic mass is 35.5. The predicted molar refractivity (Wildman–Crippen MR) is 164 cm³/mol. The average Bonchev–Trinajstić information content (AvgIpc) is 3.15. The largest absolute Gasteiger partial charge is 0.493 e. The lowest BCUT2D eigenvalue weighted by Crippen LogP contribution is -2.37. The van der Waals surface area contributed by atoms with Crippen LogP contribution in [0.15, 0.2) is 53.3 Å². The zero-order valence-electron chi connectivity index (χ0n) is 25.1. The van der Waals surface area contributed by atoms with Gasteiger partial charge in [-0.3, -0.25) is 19.1 Å².